The fraction of sp³-hybridized carbons (Fsp3) is 0.462. The predicted octanol–water partition coefficient (Wildman–Crippen LogP) is 4.82. The van der Waals surface area contributed by atoms with Crippen LogP contribution in [-0.4, -0.2) is 55.5 Å². The molecule has 0 saturated carbocycles. The Morgan fingerprint density at radius 2 is 1.76 bits per heavy atom. The summed E-state index contributed by atoms with van der Waals surface area (Å²) in [5.41, 5.74) is 4.36. The number of Topliss-reactive ketones (excluding diaryl/α,β-unsaturated/α-hetero) is 1. The van der Waals surface area contributed by atoms with Gasteiger partial charge in [0.2, 0.25) is 0 Å². The minimum atomic E-state index is -0.0323. The molecule has 2 aromatic rings. The largest absolute Gasteiger partial charge is 0.370 e. The van der Waals surface area contributed by atoms with Crippen LogP contribution in [0.1, 0.15) is 43.2 Å². The van der Waals surface area contributed by atoms with Gasteiger partial charge in [-0.1, -0.05) is 23.7 Å². The van der Waals surface area contributed by atoms with Crippen LogP contribution in [0.25, 0.3) is 0 Å². The Labute approximate surface area is 201 Å². The second-order valence-corrected chi connectivity index (χ2v) is 9.69. The Kier molecular flexibility index (Phi) is 7.56. The third-order valence-electron chi connectivity index (χ3n) is 6.77. The van der Waals surface area contributed by atoms with Crippen molar-refractivity contribution in [2.75, 3.05) is 42.9 Å². The standard InChI is InChI=1S/C26H33ClN4O2/c1-18-15-24(31-14-11-23(17-31)28-16-19(2)32)7-8-25(18)29-26(33)30-12-9-21(10-13-30)20-3-5-22(27)6-4-20/h3-8,15,21,23,28H,9-14,16-17H2,1-2H3,(H,29,33). The number of nitrogens with one attached hydrogen (secondary N) is 2. The number of piperidine rings is 1. The molecule has 2 aliphatic heterocycles. The van der Waals surface area contributed by atoms with Crippen molar-refractivity contribution in [3.63, 3.8) is 0 Å². The molecule has 2 aliphatic rings. The number of likely N-dealkylation sites (tertiary alicyclic amines) is 1. The molecule has 2 saturated heterocycles. The summed E-state index contributed by atoms with van der Waals surface area (Å²) >= 11 is 6.00. The molecule has 2 amide bonds. The van der Waals surface area contributed by atoms with E-state index in [0.717, 1.165) is 67.4 Å². The highest BCUT2D eigenvalue weighted by Gasteiger charge is 2.25. The quantitative estimate of drug-likeness (QED) is 0.638. The number of ketones is 1. The minimum Gasteiger partial charge on any atom is -0.370 e. The van der Waals surface area contributed by atoms with Crippen LogP contribution in [0, 0.1) is 6.92 Å². The van der Waals surface area contributed by atoms with E-state index in [1.807, 2.05) is 30.0 Å². The summed E-state index contributed by atoms with van der Waals surface area (Å²) in [5.74, 6) is 0.639. The number of benzene rings is 2. The zero-order chi connectivity index (χ0) is 23.4. The Bertz CT molecular complexity index is 986. The van der Waals surface area contributed by atoms with E-state index in [1.165, 1.54) is 5.56 Å². The van der Waals surface area contributed by atoms with Crippen molar-refractivity contribution < 1.29 is 9.59 Å². The summed E-state index contributed by atoms with van der Waals surface area (Å²) in [4.78, 5) is 28.3. The topological polar surface area (TPSA) is 64.7 Å². The number of anilines is 2. The van der Waals surface area contributed by atoms with E-state index in [-0.39, 0.29) is 11.8 Å². The summed E-state index contributed by atoms with van der Waals surface area (Å²) < 4.78 is 0. The van der Waals surface area contributed by atoms with E-state index in [2.05, 4.69) is 39.8 Å². The van der Waals surface area contributed by atoms with Crippen LogP contribution < -0.4 is 15.5 Å². The molecule has 2 heterocycles. The third-order valence-corrected chi connectivity index (χ3v) is 7.02. The number of halogens is 1. The normalized spacial score (nSPS) is 19.1. The lowest BCUT2D eigenvalue weighted by atomic mass is 9.89. The first-order chi connectivity index (χ1) is 15.9. The van der Waals surface area contributed by atoms with Gasteiger partial charge in [-0.2, -0.15) is 0 Å². The molecule has 1 unspecified atom stereocenters. The van der Waals surface area contributed by atoms with Crippen molar-refractivity contribution in [3.05, 3.63) is 58.6 Å². The fourth-order valence-electron chi connectivity index (χ4n) is 4.78. The van der Waals surface area contributed by atoms with Crippen LogP contribution in [0.4, 0.5) is 16.2 Å². The van der Waals surface area contributed by atoms with Gasteiger partial charge in [0.05, 0.1) is 6.54 Å². The fourth-order valence-corrected chi connectivity index (χ4v) is 4.91. The Hall–Kier alpha value is -2.57. The van der Waals surface area contributed by atoms with Crippen molar-refractivity contribution in [1.82, 2.24) is 10.2 Å². The maximum Gasteiger partial charge on any atom is 0.321 e. The molecule has 6 nitrogen and oxygen atoms in total. The number of rotatable bonds is 6. The second-order valence-electron chi connectivity index (χ2n) is 9.26. The molecule has 176 valence electrons. The molecule has 0 spiro atoms. The van der Waals surface area contributed by atoms with Crippen LogP contribution in [0.2, 0.25) is 5.02 Å². The molecule has 0 aromatic heterocycles. The number of nitrogens with zero attached hydrogens (tertiary/aromatic N) is 2. The molecule has 4 rings (SSSR count). The number of aryl methyl sites for hydroxylation is 1. The van der Waals surface area contributed by atoms with E-state index in [9.17, 15) is 9.59 Å². The van der Waals surface area contributed by atoms with E-state index in [0.29, 0.717) is 18.5 Å². The highest BCUT2D eigenvalue weighted by atomic mass is 35.5. The number of urea groups is 1. The average molecular weight is 469 g/mol. The van der Waals surface area contributed by atoms with Gasteiger partial charge in [0.25, 0.3) is 0 Å². The summed E-state index contributed by atoms with van der Waals surface area (Å²) in [6, 6.07) is 14.6. The molecule has 33 heavy (non-hydrogen) atoms. The molecule has 1 atom stereocenters. The molecule has 2 aromatic carbocycles. The highest BCUT2D eigenvalue weighted by molar-refractivity contribution is 6.30. The van der Waals surface area contributed by atoms with E-state index in [1.54, 1.807) is 6.92 Å². The summed E-state index contributed by atoms with van der Waals surface area (Å²) in [7, 11) is 0. The molecule has 0 aliphatic carbocycles. The van der Waals surface area contributed by atoms with Crippen LogP contribution in [0.5, 0.6) is 0 Å². The summed E-state index contributed by atoms with van der Waals surface area (Å²) in [5, 5.41) is 7.18. The molecular formula is C26H33ClN4O2. The molecular weight excluding hydrogens is 436 g/mol. The second kappa shape index (κ2) is 10.6. The maximum absolute atomic E-state index is 12.9. The zero-order valence-electron chi connectivity index (χ0n) is 19.4. The van der Waals surface area contributed by atoms with Crippen LogP contribution in [-0.2, 0) is 4.79 Å². The SMILES string of the molecule is CC(=O)CNC1CCN(c2ccc(NC(=O)N3CCC(c4ccc(Cl)cc4)CC3)c(C)c2)C1. The van der Waals surface area contributed by atoms with Crippen LogP contribution in [0.15, 0.2) is 42.5 Å². The Morgan fingerprint density at radius 1 is 1.03 bits per heavy atom. The zero-order valence-corrected chi connectivity index (χ0v) is 20.2. The number of hydrogen-bond donors (Lipinski definition) is 2. The van der Waals surface area contributed by atoms with Crippen molar-refractivity contribution in [2.45, 2.75) is 45.1 Å². The molecule has 0 bridgehead atoms. The first-order valence-corrected chi connectivity index (χ1v) is 12.2. The van der Waals surface area contributed by atoms with Crippen molar-refractivity contribution in [2.24, 2.45) is 0 Å². The maximum atomic E-state index is 12.9. The molecule has 2 N–H and O–H groups in total. The minimum absolute atomic E-state index is 0.0323. The summed E-state index contributed by atoms with van der Waals surface area (Å²) in [6.07, 6.45) is 2.94. The van der Waals surface area contributed by atoms with Gasteiger partial charge in [-0.3, -0.25) is 4.79 Å². The van der Waals surface area contributed by atoms with Crippen molar-refractivity contribution >= 4 is 34.8 Å². The van der Waals surface area contributed by atoms with Gasteiger partial charge in [-0.15, -0.1) is 0 Å². The average Bonchev–Trinajstić information content (AvgIpc) is 3.29. The Morgan fingerprint density at radius 3 is 2.42 bits per heavy atom. The van der Waals surface area contributed by atoms with Gasteiger partial charge < -0.3 is 20.4 Å². The molecule has 7 heteroatoms. The summed E-state index contributed by atoms with van der Waals surface area (Å²) in [6.45, 7) is 7.42. The van der Waals surface area contributed by atoms with Gasteiger partial charge in [0, 0.05) is 48.6 Å². The lowest BCUT2D eigenvalue weighted by molar-refractivity contribution is -0.116. The van der Waals surface area contributed by atoms with Crippen molar-refractivity contribution in [3.8, 4) is 0 Å². The lowest BCUT2D eigenvalue weighted by Crippen LogP contribution is -2.40. The first kappa shape index (κ1) is 23.6. The van der Waals surface area contributed by atoms with E-state index in [4.69, 9.17) is 11.6 Å². The van der Waals surface area contributed by atoms with Crippen LogP contribution >= 0.6 is 11.6 Å². The van der Waals surface area contributed by atoms with Gasteiger partial charge in [0.15, 0.2) is 0 Å². The monoisotopic (exact) mass is 468 g/mol. The smallest absolute Gasteiger partial charge is 0.321 e. The van der Waals surface area contributed by atoms with Gasteiger partial charge in [-0.25, -0.2) is 4.79 Å². The van der Waals surface area contributed by atoms with Gasteiger partial charge >= 0.3 is 6.03 Å². The predicted molar refractivity (Wildman–Crippen MR) is 134 cm³/mol. The lowest BCUT2D eigenvalue weighted by Gasteiger charge is -2.32. The number of hydrogen-bond acceptors (Lipinski definition) is 4. The van der Waals surface area contributed by atoms with E-state index < -0.39 is 0 Å². The van der Waals surface area contributed by atoms with Gasteiger partial charge in [0.1, 0.15) is 5.78 Å². The number of carbonyl (C=O) groups is 2. The van der Waals surface area contributed by atoms with E-state index >= 15 is 0 Å². The number of carbonyl (C=O) groups excluding carboxylic acids is 2. The number of amides is 2. The molecule has 2 fully saturated rings. The third kappa shape index (κ3) is 6.06. The first-order valence-electron chi connectivity index (χ1n) is 11.8. The van der Waals surface area contributed by atoms with Gasteiger partial charge in [-0.05, 0) is 80.5 Å². The highest BCUT2D eigenvalue weighted by Crippen LogP contribution is 2.30. The van der Waals surface area contributed by atoms with Crippen LogP contribution in [0.3, 0.4) is 0 Å². The molecule has 0 radical (unpaired) electrons. The van der Waals surface area contributed by atoms with Crippen molar-refractivity contribution in [1.29, 1.82) is 0 Å². The Balaban J connectivity index is 1.29.